The second-order valence-corrected chi connectivity index (χ2v) is 7.53. The summed E-state index contributed by atoms with van der Waals surface area (Å²) in [4.78, 5) is 15.7. The fourth-order valence-corrected chi connectivity index (χ4v) is 4.24. The number of nitrogens with zero attached hydrogens (tertiary/aromatic N) is 2. The van der Waals surface area contributed by atoms with Gasteiger partial charge in [0.25, 0.3) is 0 Å². The van der Waals surface area contributed by atoms with E-state index in [0.29, 0.717) is 6.42 Å². The molecule has 0 saturated carbocycles. The Hall–Kier alpha value is -2.92. The maximum Gasteiger partial charge on any atom is 0.303 e. The Bertz CT molecular complexity index is 1100. The third-order valence-electron chi connectivity index (χ3n) is 4.60. The Labute approximate surface area is 161 Å². The number of hydrogen-bond acceptors (Lipinski definition) is 3. The minimum atomic E-state index is -0.783. The second kappa shape index (κ2) is 7.37. The molecule has 4 nitrogen and oxygen atoms in total. The highest BCUT2D eigenvalue weighted by atomic mass is 32.1. The van der Waals surface area contributed by atoms with Crippen LogP contribution >= 0.6 is 11.3 Å². The van der Waals surface area contributed by atoms with Crippen LogP contribution in [0.5, 0.6) is 0 Å². The van der Waals surface area contributed by atoms with Crippen molar-refractivity contribution in [2.75, 3.05) is 0 Å². The zero-order chi connectivity index (χ0) is 18.8. The Morgan fingerprint density at radius 1 is 1.11 bits per heavy atom. The number of benzene rings is 2. The Balaban J connectivity index is 1.86. The third-order valence-corrected chi connectivity index (χ3v) is 5.77. The monoisotopic (exact) mass is 376 g/mol. The average Bonchev–Trinajstić information content (AvgIpc) is 3.30. The Morgan fingerprint density at radius 3 is 2.67 bits per heavy atom. The number of carbonyl (C=O) groups is 1. The predicted octanol–water partition coefficient (Wildman–Crippen LogP) is 5.33. The van der Waals surface area contributed by atoms with Crippen molar-refractivity contribution in [2.24, 2.45) is 0 Å². The number of thiazole rings is 1. The highest BCUT2D eigenvalue weighted by Gasteiger charge is 2.14. The molecule has 0 saturated heterocycles. The summed E-state index contributed by atoms with van der Waals surface area (Å²) in [5.74, 6) is -0.783. The van der Waals surface area contributed by atoms with Crippen molar-refractivity contribution in [3.05, 3.63) is 71.4 Å². The largest absolute Gasteiger partial charge is 0.481 e. The summed E-state index contributed by atoms with van der Waals surface area (Å²) in [5.41, 5.74) is 5.23. The lowest BCUT2D eigenvalue weighted by atomic mass is 10.1. The molecule has 5 heteroatoms. The van der Waals surface area contributed by atoms with Crippen molar-refractivity contribution in [1.29, 1.82) is 0 Å². The first-order chi connectivity index (χ1) is 13.2. The van der Waals surface area contributed by atoms with Crippen LogP contribution in [-0.4, -0.2) is 20.6 Å². The minimum absolute atomic E-state index is 0.112. The Morgan fingerprint density at radius 2 is 1.93 bits per heavy atom. The standard InChI is InChI=1S/C22H20N2O2S/c1-2-21-23-18-11-8-17(14-20(18)27-21)24-16(10-13-22(25)26)9-12-19(24)15-6-4-3-5-7-15/h3-9,11-12,14H,2,10,13H2,1H3,(H,25,26). The molecule has 1 N–H and O–H groups in total. The van der Waals surface area contributed by atoms with E-state index in [1.54, 1.807) is 11.3 Å². The van der Waals surface area contributed by atoms with Gasteiger partial charge in [0, 0.05) is 11.4 Å². The number of aryl methyl sites for hydroxylation is 2. The predicted molar refractivity (Wildman–Crippen MR) is 110 cm³/mol. The summed E-state index contributed by atoms with van der Waals surface area (Å²) in [5, 5.41) is 10.2. The van der Waals surface area contributed by atoms with Crippen LogP contribution in [0.2, 0.25) is 0 Å². The summed E-state index contributed by atoms with van der Waals surface area (Å²) >= 11 is 1.72. The van der Waals surface area contributed by atoms with Gasteiger partial charge >= 0.3 is 5.97 Å². The highest BCUT2D eigenvalue weighted by molar-refractivity contribution is 7.18. The molecule has 0 bridgehead atoms. The lowest BCUT2D eigenvalue weighted by Crippen LogP contribution is -2.05. The molecule has 2 heterocycles. The molecule has 0 amide bonds. The van der Waals surface area contributed by atoms with Gasteiger partial charge in [-0.2, -0.15) is 0 Å². The molecule has 2 aromatic heterocycles. The lowest BCUT2D eigenvalue weighted by molar-refractivity contribution is -0.136. The molecule has 0 spiro atoms. The van der Waals surface area contributed by atoms with Gasteiger partial charge in [0.15, 0.2) is 0 Å². The molecule has 2 aromatic carbocycles. The molecule has 0 atom stereocenters. The number of rotatable bonds is 6. The van der Waals surface area contributed by atoms with Crippen LogP contribution in [0.4, 0.5) is 0 Å². The molecule has 136 valence electrons. The molecule has 0 unspecified atom stereocenters. The normalized spacial score (nSPS) is 11.1. The molecule has 27 heavy (non-hydrogen) atoms. The van der Waals surface area contributed by atoms with Gasteiger partial charge in [-0.25, -0.2) is 4.98 Å². The van der Waals surface area contributed by atoms with E-state index >= 15 is 0 Å². The van der Waals surface area contributed by atoms with Crippen molar-refractivity contribution in [3.63, 3.8) is 0 Å². The van der Waals surface area contributed by atoms with E-state index in [1.165, 1.54) is 0 Å². The fourth-order valence-electron chi connectivity index (χ4n) is 3.30. The maximum atomic E-state index is 11.1. The van der Waals surface area contributed by atoms with Gasteiger partial charge in [-0.05, 0) is 48.7 Å². The SMILES string of the molecule is CCc1nc2ccc(-n3c(CCC(=O)O)ccc3-c3ccccc3)cc2s1. The van der Waals surface area contributed by atoms with E-state index in [1.807, 2.05) is 24.3 Å². The third kappa shape index (κ3) is 3.51. The lowest BCUT2D eigenvalue weighted by Gasteiger charge is -2.14. The van der Waals surface area contributed by atoms with Gasteiger partial charge < -0.3 is 9.67 Å². The molecule has 4 aromatic rings. The van der Waals surface area contributed by atoms with Gasteiger partial charge in [0.2, 0.25) is 0 Å². The molecule has 4 rings (SSSR count). The fraction of sp³-hybridized carbons (Fsp3) is 0.182. The summed E-state index contributed by atoms with van der Waals surface area (Å²) in [7, 11) is 0. The number of carboxylic acids is 1. The number of hydrogen-bond donors (Lipinski definition) is 1. The first-order valence-electron chi connectivity index (χ1n) is 9.03. The van der Waals surface area contributed by atoms with E-state index in [0.717, 1.165) is 44.3 Å². The van der Waals surface area contributed by atoms with E-state index in [2.05, 4.69) is 52.9 Å². The van der Waals surface area contributed by atoms with E-state index in [-0.39, 0.29) is 6.42 Å². The number of carboxylic acid groups (broad SMARTS) is 1. The zero-order valence-corrected chi connectivity index (χ0v) is 15.9. The Kier molecular flexibility index (Phi) is 4.77. The number of aromatic nitrogens is 2. The first-order valence-corrected chi connectivity index (χ1v) is 9.85. The number of fused-ring (bicyclic) bond motifs is 1. The van der Waals surface area contributed by atoms with Crippen molar-refractivity contribution >= 4 is 27.5 Å². The highest BCUT2D eigenvalue weighted by Crippen LogP contribution is 2.31. The van der Waals surface area contributed by atoms with Crippen molar-refractivity contribution in [1.82, 2.24) is 9.55 Å². The number of aliphatic carboxylic acids is 1. The maximum absolute atomic E-state index is 11.1. The van der Waals surface area contributed by atoms with Crippen LogP contribution in [0, 0.1) is 0 Å². The summed E-state index contributed by atoms with van der Waals surface area (Å²) < 4.78 is 3.32. The van der Waals surface area contributed by atoms with E-state index in [9.17, 15) is 4.79 Å². The van der Waals surface area contributed by atoms with Crippen molar-refractivity contribution in [3.8, 4) is 16.9 Å². The van der Waals surface area contributed by atoms with Gasteiger partial charge in [-0.3, -0.25) is 4.79 Å². The zero-order valence-electron chi connectivity index (χ0n) is 15.1. The van der Waals surface area contributed by atoms with Gasteiger partial charge in [-0.1, -0.05) is 37.3 Å². The second-order valence-electron chi connectivity index (χ2n) is 6.42. The summed E-state index contributed by atoms with van der Waals surface area (Å²) in [6.45, 7) is 2.11. The quantitative estimate of drug-likeness (QED) is 0.494. The van der Waals surface area contributed by atoms with Crippen molar-refractivity contribution < 1.29 is 9.90 Å². The molecular formula is C22H20N2O2S. The molecule has 0 aliphatic carbocycles. The topological polar surface area (TPSA) is 55.1 Å². The smallest absolute Gasteiger partial charge is 0.303 e. The van der Waals surface area contributed by atoms with Crippen LogP contribution in [-0.2, 0) is 17.6 Å². The summed E-state index contributed by atoms with van der Waals surface area (Å²) in [6.07, 6.45) is 1.53. The molecule has 0 radical (unpaired) electrons. The van der Waals surface area contributed by atoms with E-state index < -0.39 is 5.97 Å². The van der Waals surface area contributed by atoms with Crippen LogP contribution in [0.3, 0.4) is 0 Å². The molecular weight excluding hydrogens is 356 g/mol. The average molecular weight is 376 g/mol. The van der Waals surface area contributed by atoms with Crippen molar-refractivity contribution in [2.45, 2.75) is 26.2 Å². The van der Waals surface area contributed by atoms with E-state index in [4.69, 9.17) is 5.11 Å². The molecule has 0 aliphatic rings. The van der Waals surface area contributed by atoms with Gasteiger partial charge in [0.1, 0.15) is 0 Å². The van der Waals surface area contributed by atoms with Crippen LogP contribution < -0.4 is 0 Å². The molecule has 0 aliphatic heterocycles. The van der Waals surface area contributed by atoms with Gasteiger partial charge in [0.05, 0.1) is 27.3 Å². The van der Waals surface area contributed by atoms with Crippen LogP contribution in [0.15, 0.2) is 60.7 Å². The van der Waals surface area contributed by atoms with Crippen LogP contribution in [0.1, 0.15) is 24.0 Å². The summed E-state index contributed by atoms with van der Waals surface area (Å²) in [6, 6.07) is 20.6. The minimum Gasteiger partial charge on any atom is -0.481 e. The van der Waals surface area contributed by atoms with Crippen LogP contribution in [0.25, 0.3) is 27.2 Å². The molecule has 0 fully saturated rings. The first kappa shape index (κ1) is 17.5. The van der Waals surface area contributed by atoms with Gasteiger partial charge in [-0.15, -0.1) is 11.3 Å².